The third kappa shape index (κ3) is 2.07. The van der Waals surface area contributed by atoms with Crippen molar-refractivity contribution in [2.24, 2.45) is 0 Å². The van der Waals surface area contributed by atoms with Gasteiger partial charge in [-0.05, 0) is 33.3 Å². The predicted octanol–water partition coefficient (Wildman–Crippen LogP) is 3.07. The maximum absolute atomic E-state index is 13.1. The highest BCUT2D eigenvalue weighted by Crippen LogP contribution is 2.49. The summed E-state index contributed by atoms with van der Waals surface area (Å²) in [6.45, 7) is 7.68. The minimum atomic E-state index is -0.761. The molecule has 5 nitrogen and oxygen atoms in total. The highest BCUT2D eigenvalue weighted by molar-refractivity contribution is 6.38. The Balaban J connectivity index is 2.33. The number of benzene rings is 1. The molecular weight excluding hydrogens is 304 g/mol. The molecule has 122 valence electrons. The second kappa shape index (κ2) is 5.34. The molecular formula is C19H18N2O3. The van der Waals surface area contributed by atoms with Gasteiger partial charge in [0, 0.05) is 11.1 Å². The zero-order chi connectivity index (χ0) is 17.6. The topological polar surface area (TPSA) is 70.4 Å². The molecule has 1 aromatic carbocycles. The van der Waals surface area contributed by atoms with Crippen molar-refractivity contribution >= 4 is 28.7 Å². The van der Waals surface area contributed by atoms with E-state index in [0.29, 0.717) is 5.56 Å². The van der Waals surface area contributed by atoms with E-state index >= 15 is 0 Å². The molecule has 0 aromatic heterocycles. The van der Waals surface area contributed by atoms with Gasteiger partial charge in [0.1, 0.15) is 6.07 Å². The van der Waals surface area contributed by atoms with Gasteiger partial charge in [0.05, 0.1) is 23.4 Å². The second-order valence-corrected chi connectivity index (χ2v) is 6.41. The second-order valence-electron chi connectivity index (χ2n) is 6.41. The van der Waals surface area contributed by atoms with Crippen molar-refractivity contribution in [2.75, 3.05) is 11.5 Å². The van der Waals surface area contributed by atoms with E-state index in [9.17, 15) is 14.9 Å². The molecule has 5 heteroatoms. The number of ether oxygens (including phenoxy) is 1. The number of amides is 1. The summed E-state index contributed by atoms with van der Waals surface area (Å²) in [6.07, 6.45) is 2.02. The van der Waals surface area contributed by atoms with Gasteiger partial charge in [-0.2, -0.15) is 5.26 Å². The molecule has 3 rings (SSSR count). The van der Waals surface area contributed by atoms with E-state index in [1.54, 1.807) is 17.9 Å². The summed E-state index contributed by atoms with van der Waals surface area (Å²) in [6, 6.07) is 7.42. The van der Waals surface area contributed by atoms with Crippen LogP contribution in [0.4, 0.5) is 5.69 Å². The molecule has 0 fully saturated rings. The van der Waals surface area contributed by atoms with E-state index in [0.717, 1.165) is 16.8 Å². The number of anilines is 1. The third-order valence-corrected chi connectivity index (χ3v) is 4.36. The number of hydrogen-bond acceptors (Lipinski definition) is 4. The van der Waals surface area contributed by atoms with Crippen LogP contribution < -0.4 is 4.90 Å². The molecule has 0 N–H and O–H groups in total. The minimum Gasteiger partial charge on any atom is -0.462 e. The van der Waals surface area contributed by atoms with E-state index in [1.807, 2.05) is 45.0 Å². The Hall–Kier alpha value is -2.87. The van der Waals surface area contributed by atoms with Crippen LogP contribution in [0.2, 0.25) is 0 Å². The summed E-state index contributed by atoms with van der Waals surface area (Å²) in [7, 11) is 0. The zero-order valence-corrected chi connectivity index (χ0v) is 14.1. The number of esters is 1. The van der Waals surface area contributed by atoms with Crippen LogP contribution in [0.15, 0.2) is 29.8 Å². The van der Waals surface area contributed by atoms with Crippen molar-refractivity contribution in [2.45, 2.75) is 33.2 Å². The van der Waals surface area contributed by atoms with Crippen molar-refractivity contribution in [3.05, 3.63) is 41.0 Å². The molecule has 2 heterocycles. The van der Waals surface area contributed by atoms with E-state index in [1.165, 1.54) is 0 Å². The van der Waals surface area contributed by atoms with Crippen LogP contribution in [0.3, 0.4) is 0 Å². The summed E-state index contributed by atoms with van der Waals surface area (Å²) in [5, 5.41) is 9.46. The van der Waals surface area contributed by atoms with Gasteiger partial charge in [-0.25, -0.2) is 4.79 Å². The van der Waals surface area contributed by atoms with E-state index in [-0.39, 0.29) is 23.7 Å². The van der Waals surface area contributed by atoms with Crippen LogP contribution in [-0.4, -0.2) is 24.0 Å². The standard InChI is InChI=1S/C19H18N2O3/c1-5-24-18(23)14(10-20)15-13-8-6-7-12-11(2)9-19(3,4)21(16(12)13)17(15)22/h6-9H,5H2,1-4H3/b15-14-. The lowest BCUT2D eigenvalue weighted by Gasteiger charge is -2.38. The van der Waals surface area contributed by atoms with Crippen LogP contribution in [-0.2, 0) is 14.3 Å². The number of hydrogen-bond donors (Lipinski definition) is 0. The molecule has 0 saturated carbocycles. The molecule has 0 bridgehead atoms. The van der Waals surface area contributed by atoms with Crippen molar-refractivity contribution in [1.82, 2.24) is 0 Å². The number of carbonyl (C=O) groups is 2. The van der Waals surface area contributed by atoms with Gasteiger partial charge < -0.3 is 4.74 Å². The Labute approximate surface area is 140 Å². The Morgan fingerprint density at radius 3 is 2.62 bits per heavy atom. The molecule has 0 aliphatic carbocycles. The average molecular weight is 322 g/mol. The first-order chi connectivity index (χ1) is 11.3. The van der Waals surface area contributed by atoms with Gasteiger partial charge in [0.2, 0.25) is 0 Å². The monoisotopic (exact) mass is 322 g/mol. The summed E-state index contributed by atoms with van der Waals surface area (Å²) in [5.74, 6) is -1.10. The lowest BCUT2D eigenvalue weighted by Crippen LogP contribution is -2.46. The fraction of sp³-hybridized carbons (Fsp3) is 0.316. The van der Waals surface area contributed by atoms with E-state index in [2.05, 4.69) is 0 Å². The molecule has 0 radical (unpaired) electrons. The maximum Gasteiger partial charge on any atom is 0.349 e. The molecule has 0 unspecified atom stereocenters. The fourth-order valence-electron chi connectivity index (χ4n) is 3.50. The van der Waals surface area contributed by atoms with Gasteiger partial charge in [-0.1, -0.05) is 24.3 Å². The molecule has 0 spiro atoms. The van der Waals surface area contributed by atoms with Crippen molar-refractivity contribution in [3.63, 3.8) is 0 Å². The van der Waals surface area contributed by atoms with Crippen LogP contribution in [0.25, 0.3) is 11.1 Å². The SMILES string of the molecule is CCOC(=O)/C(C#N)=C1\C(=O)N2c3c(cccc31)C(C)=CC2(C)C. The molecule has 0 saturated heterocycles. The highest BCUT2D eigenvalue weighted by atomic mass is 16.5. The summed E-state index contributed by atoms with van der Waals surface area (Å²) in [5.41, 5.74) is 2.73. The lowest BCUT2D eigenvalue weighted by molar-refractivity contribution is -0.138. The normalized spacial score (nSPS) is 19.4. The first-order valence-corrected chi connectivity index (χ1v) is 7.82. The Kier molecular flexibility index (Phi) is 3.56. The number of carbonyl (C=O) groups excluding carboxylic acids is 2. The van der Waals surface area contributed by atoms with Crippen LogP contribution in [0.5, 0.6) is 0 Å². The van der Waals surface area contributed by atoms with Crippen LogP contribution in [0, 0.1) is 11.3 Å². The molecule has 2 aliphatic rings. The van der Waals surface area contributed by atoms with Gasteiger partial charge in [-0.3, -0.25) is 9.69 Å². The van der Waals surface area contributed by atoms with Gasteiger partial charge in [0.25, 0.3) is 5.91 Å². The largest absolute Gasteiger partial charge is 0.462 e. The van der Waals surface area contributed by atoms with Crippen LogP contribution >= 0.6 is 0 Å². The smallest absolute Gasteiger partial charge is 0.349 e. The number of nitriles is 1. The predicted molar refractivity (Wildman–Crippen MR) is 90.8 cm³/mol. The molecule has 0 atom stereocenters. The lowest BCUT2D eigenvalue weighted by atomic mass is 9.89. The van der Waals surface area contributed by atoms with Crippen molar-refractivity contribution in [3.8, 4) is 6.07 Å². The van der Waals surface area contributed by atoms with Gasteiger partial charge in [0.15, 0.2) is 5.57 Å². The Bertz CT molecular complexity index is 869. The molecule has 24 heavy (non-hydrogen) atoms. The Morgan fingerprint density at radius 1 is 1.33 bits per heavy atom. The maximum atomic E-state index is 13.1. The number of allylic oxidation sites excluding steroid dienone is 1. The minimum absolute atomic E-state index is 0.129. The number of nitrogens with zero attached hydrogens (tertiary/aromatic N) is 2. The van der Waals surface area contributed by atoms with Crippen LogP contribution in [0.1, 0.15) is 38.8 Å². The number of para-hydroxylation sites is 1. The van der Waals surface area contributed by atoms with Gasteiger partial charge in [-0.15, -0.1) is 0 Å². The molecule has 1 amide bonds. The van der Waals surface area contributed by atoms with E-state index < -0.39 is 11.5 Å². The highest BCUT2D eigenvalue weighted by Gasteiger charge is 2.46. The summed E-state index contributed by atoms with van der Waals surface area (Å²) in [4.78, 5) is 26.9. The van der Waals surface area contributed by atoms with Crippen molar-refractivity contribution in [1.29, 1.82) is 5.26 Å². The van der Waals surface area contributed by atoms with E-state index in [4.69, 9.17) is 4.74 Å². The van der Waals surface area contributed by atoms with Crippen molar-refractivity contribution < 1.29 is 14.3 Å². The van der Waals surface area contributed by atoms with Gasteiger partial charge >= 0.3 is 5.97 Å². The number of rotatable bonds is 2. The Morgan fingerprint density at radius 2 is 2.00 bits per heavy atom. The summed E-state index contributed by atoms with van der Waals surface area (Å²) < 4.78 is 4.96. The summed E-state index contributed by atoms with van der Waals surface area (Å²) >= 11 is 0. The first kappa shape index (κ1) is 16.0. The first-order valence-electron chi connectivity index (χ1n) is 7.82. The quantitative estimate of drug-likeness (QED) is 0.476. The molecule has 2 aliphatic heterocycles. The molecule has 1 aromatic rings. The zero-order valence-electron chi connectivity index (χ0n) is 14.1. The average Bonchev–Trinajstić information content (AvgIpc) is 2.80. The third-order valence-electron chi connectivity index (χ3n) is 4.36. The fourth-order valence-corrected chi connectivity index (χ4v) is 3.50.